The minimum absolute atomic E-state index is 0.0239. The molecule has 0 bridgehead atoms. The minimum atomic E-state index is -1.60. The number of aryl methyl sites for hydroxylation is 1. The lowest BCUT2D eigenvalue weighted by atomic mass is 10.2. The Bertz CT molecular complexity index is 426. The molecule has 4 heteroatoms. The number of carbonyl (C=O) groups is 1. The fourth-order valence-electron chi connectivity index (χ4n) is 1.27. The largest absolute Gasteiger partial charge is 0.295 e. The molecular formula is C13H15FO2S. The van der Waals surface area contributed by atoms with Crippen molar-refractivity contribution in [1.82, 2.24) is 0 Å². The molecule has 0 amide bonds. The van der Waals surface area contributed by atoms with E-state index >= 15 is 0 Å². The molecule has 0 unspecified atom stereocenters. The maximum Gasteiger partial charge on any atom is 0.179 e. The maximum atomic E-state index is 13.2. The molecule has 2 atom stereocenters. The fraction of sp³-hybridized carbons (Fsp3) is 0.308. The molecule has 0 saturated carbocycles. The van der Waals surface area contributed by atoms with Gasteiger partial charge in [0.1, 0.15) is 0 Å². The van der Waals surface area contributed by atoms with Crippen molar-refractivity contribution in [2.75, 3.05) is 5.75 Å². The number of hydrogen-bond donors (Lipinski definition) is 0. The molecule has 0 heterocycles. The third-order valence-corrected chi connectivity index (χ3v) is 3.62. The topological polar surface area (TPSA) is 34.1 Å². The molecule has 92 valence electrons. The molecule has 2 nitrogen and oxygen atoms in total. The van der Waals surface area contributed by atoms with Crippen molar-refractivity contribution in [1.29, 1.82) is 0 Å². The van der Waals surface area contributed by atoms with Crippen molar-refractivity contribution >= 4 is 16.6 Å². The van der Waals surface area contributed by atoms with Gasteiger partial charge in [-0.3, -0.25) is 9.00 Å². The summed E-state index contributed by atoms with van der Waals surface area (Å²) in [7, 11) is -1.47. The first-order valence-corrected chi connectivity index (χ1v) is 6.59. The van der Waals surface area contributed by atoms with Crippen LogP contribution in [0.3, 0.4) is 0 Å². The van der Waals surface area contributed by atoms with E-state index < -0.39 is 22.8 Å². The second-order valence-electron chi connectivity index (χ2n) is 3.76. The van der Waals surface area contributed by atoms with Gasteiger partial charge in [-0.1, -0.05) is 23.8 Å². The first-order valence-electron chi connectivity index (χ1n) is 5.27. The Kier molecular flexibility index (Phi) is 5.22. The van der Waals surface area contributed by atoms with E-state index in [-0.39, 0.29) is 12.2 Å². The summed E-state index contributed by atoms with van der Waals surface area (Å²) in [5.41, 5.74) is 1.05. The van der Waals surface area contributed by atoms with Crippen LogP contribution in [0.4, 0.5) is 4.39 Å². The molecule has 0 aliphatic carbocycles. The van der Waals surface area contributed by atoms with E-state index in [1.54, 1.807) is 12.1 Å². The van der Waals surface area contributed by atoms with Crippen LogP contribution in [0.5, 0.6) is 0 Å². The van der Waals surface area contributed by atoms with Crippen LogP contribution >= 0.6 is 0 Å². The number of alkyl halides is 1. The smallest absolute Gasteiger partial charge is 0.179 e. The summed E-state index contributed by atoms with van der Waals surface area (Å²) in [4.78, 5) is 11.9. The monoisotopic (exact) mass is 254 g/mol. The highest BCUT2D eigenvalue weighted by molar-refractivity contribution is 7.85. The number of Topliss-reactive ketones (excluding diaryl/α,β-unsaturated/α-hetero) is 1. The van der Waals surface area contributed by atoms with E-state index in [2.05, 4.69) is 6.58 Å². The molecule has 0 aromatic heterocycles. The van der Waals surface area contributed by atoms with Crippen LogP contribution in [0, 0.1) is 6.92 Å². The molecule has 0 saturated heterocycles. The van der Waals surface area contributed by atoms with Gasteiger partial charge in [0.15, 0.2) is 12.0 Å². The summed E-state index contributed by atoms with van der Waals surface area (Å²) in [6.07, 6.45) is -0.275. The molecular weight excluding hydrogens is 239 g/mol. The highest BCUT2D eigenvalue weighted by Gasteiger charge is 2.18. The molecule has 0 fully saturated rings. The molecule has 0 spiro atoms. The summed E-state index contributed by atoms with van der Waals surface area (Å²) in [6, 6.07) is 7.02. The molecule has 17 heavy (non-hydrogen) atoms. The van der Waals surface area contributed by atoms with Crippen molar-refractivity contribution in [2.24, 2.45) is 0 Å². The molecule has 1 aromatic rings. The Morgan fingerprint density at radius 3 is 2.59 bits per heavy atom. The summed E-state index contributed by atoms with van der Waals surface area (Å²) < 4.78 is 25.0. The predicted octanol–water partition coefficient (Wildman–Crippen LogP) is 2.59. The van der Waals surface area contributed by atoms with E-state index in [0.29, 0.717) is 4.90 Å². The van der Waals surface area contributed by atoms with E-state index in [9.17, 15) is 13.4 Å². The van der Waals surface area contributed by atoms with Crippen LogP contribution in [-0.2, 0) is 15.6 Å². The van der Waals surface area contributed by atoms with Crippen LogP contribution in [0.15, 0.2) is 41.8 Å². The quantitative estimate of drug-likeness (QED) is 0.731. The lowest BCUT2D eigenvalue weighted by Crippen LogP contribution is -2.21. The first kappa shape index (κ1) is 13.8. The molecule has 1 aromatic carbocycles. The van der Waals surface area contributed by atoms with Crippen molar-refractivity contribution in [3.8, 4) is 0 Å². The number of hydrogen-bond acceptors (Lipinski definition) is 2. The number of ketones is 1. The molecule has 0 aliphatic rings. The number of rotatable bonds is 6. The van der Waals surface area contributed by atoms with Gasteiger partial charge in [0.2, 0.25) is 0 Å². The zero-order chi connectivity index (χ0) is 12.8. The number of allylic oxidation sites excluding steroid dienone is 1. The third-order valence-electron chi connectivity index (χ3n) is 2.28. The van der Waals surface area contributed by atoms with E-state index in [1.807, 2.05) is 19.1 Å². The summed E-state index contributed by atoms with van der Waals surface area (Å²) in [6.45, 7) is 5.28. The van der Waals surface area contributed by atoms with E-state index in [0.717, 1.165) is 5.56 Å². The highest BCUT2D eigenvalue weighted by atomic mass is 32.2. The zero-order valence-electron chi connectivity index (χ0n) is 9.69. The SMILES string of the molecule is C=CC[C@H](F)C(=O)C[S@](=O)c1ccc(C)cc1. The van der Waals surface area contributed by atoms with Crippen molar-refractivity contribution < 1.29 is 13.4 Å². The van der Waals surface area contributed by atoms with E-state index in [4.69, 9.17) is 0 Å². The Morgan fingerprint density at radius 1 is 1.47 bits per heavy atom. The van der Waals surface area contributed by atoms with Crippen molar-refractivity contribution in [3.05, 3.63) is 42.5 Å². The molecule has 0 N–H and O–H groups in total. The minimum Gasteiger partial charge on any atom is -0.295 e. The van der Waals surface area contributed by atoms with Gasteiger partial charge in [-0.2, -0.15) is 0 Å². The summed E-state index contributed by atoms with van der Waals surface area (Å²) >= 11 is 0. The van der Waals surface area contributed by atoms with Crippen LogP contribution in [0.1, 0.15) is 12.0 Å². The average molecular weight is 254 g/mol. The van der Waals surface area contributed by atoms with Gasteiger partial charge in [0.25, 0.3) is 0 Å². The summed E-state index contributed by atoms with van der Waals surface area (Å²) in [5, 5.41) is 0. The predicted molar refractivity (Wildman–Crippen MR) is 67.2 cm³/mol. The Balaban J connectivity index is 2.63. The number of carbonyl (C=O) groups excluding carboxylic acids is 1. The summed E-state index contributed by atoms with van der Waals surface area (Å²) in [5.74, 6) is -0.915. The normalized spacial score (nSPS) is 14.0. The van der Waals surface area contributed by atoms with E-state index in [1.165, 1.54) is 6.08 Å². The van der Waals surface area contributed by atoms with Gasteiger partial charge in [-0.15, -0.1) is 6.58 Å². The van der Waals surface area contributed by atoms with Gasteiger partial charge in [-0.25, -0.2) is 4.39 Å². The standard InChI is InChI=1S/C13H15FO2S/c1-3-4-12(14)13(15)9-17(16)11-7-5-10(2)6-8-11/h3,5-8,12H,1,4,9H2,2H3/t12-,17-/m0/s1. The highest BCUT2D eigenvalue weighted by Crippen LogP contribution is 2.10. The van der Waals surface area contributed by atoms with Crippen LogP contribution in [0.2, 0.25) is 0 Å². The van der Waals surface area contributed by atoms with Gasteiger partial charge < -0.3 is 0 Å². The van der Waals surface area contributed by atoms with Gasteiger partial charge in [0.05, 0.1) is 16.6 Å². The maximum absolute atomic E-state index is 13.2. The van der Waals surface area contributed by atoms with Crippen LogP contribution < -0.4 is 0 Å². The lowest BCUT2D eigenvalue weighted by molar-refractivity contribution is -0.121. The van der Waals surface area contributed by atoms with Gasteiger partial charge in [0, 0.05) is 11.3 Å². The lowest BCUT2D eigenvalue weighted by Gasteiger charge is -2.05. The van der Waals surface area contributed by atoms with Gasteiger partial charge >= 0.3 is 0 Å². The van der Waals surface area contributed by atoms with Crippen LogP contribution in [0.25, 0.3) is 0 Å². The Morgan fingerprint density at radius 2 is 2.06 bits per heavy atom. The average Bonchev–Trinajstić information content (AvgIpc) is 2.30. The second-order valence-corrected chi connectivity index (χ2v) is 5.21. The third kappa shape index (κ3) is 4.23. The Hall–Kier alpha value is -1.29. The van der Waals surface area contributed by atoms with Gasteiger partial charge in [-0.05, 0) is 19.1 Å². The van der Waals surface area contributed by atoms with Crippen molar-refractivity contribution in [2.45, 2.75) is 24.4 Å². The molecule has 0 radical (unpaired) electrons. The second kappa shape index (κ2) is 6.45. The Labute approximate surface area is 103 Å². The van der Waals surface area contributed by atoms with Crippen LogP contribution in [-0.4, -0.2) is 21.9 Å². The van der Waals surface area contributed by atoms with Crippen molar-refractivity contribution in [3.63, 3.8) is 0 Å². The number of benzene rings is 1. The molecule has 1 rings (SSSR count). The fourth-order valence-corrected chi connectivity index (χ4v) is 2.32. The number of halogens is 1. The first-order chi connectivity index (χ1) is 8.04. The zero-order valence-corrected chi connectivity index (χ0v) is 10.5. The molecule has 0 aliphatic heterocycles.